The Morgan fingerprint density at radius 2 is 1.50 bits per heavy atom. The van der Waals surface area contributed by atoms with Crippen LogP contribution >= 0.6 is 0 Å². The molecule has 1 heterocycles. The first-order valence-electron chi connectivity index (χ1n) is 7.07. The molecular weight excluding hydrogens is 246 g/mol. The molecule has 0 aliphatic carbocycles. The van der Waals surface area contributed by atoms with Crippen molar-refractivity contribution >= 4 is 5.82 Å². The maximum absolute atomic E-state index is 6.42. The summed E-state index contributed by atoms with van der Waals surface area (Å²) >= 11 is 0. The van der Waals surface area contributed by atoms with E-state index in [9.17, 15) is 0 Å². The third-order valence-electron chi connectivity index (χ3n) is 3.30. The van der Waals surface area contributed by atoms with Crippen LogP contribution in [0.3, 0.4) is 0 Å². The highest BCUT2D eigenvalue weighted by molar-refractivity contribution is 5.71. The number of nitrogens with two attached hydrogens (primary N) is 1. The van der Waals surface area contributed by atoms with Gasteiger partial charge in [0, 0.05) is 16.5 Å². The van der Waals surface area contributed by atoms with Crippen molar-refractivity contribution in [3.05, 3.63) is 36.2 Å². The molecule has 0 saturated carbocycles. The molecule has 3 nitrogen and oxygen atoms in total. The van der Waals surface area contributed by atoms with Crippen LogP contribution in [-0.4, -0.2) is 9.55 Å². The van der Waals surface area contributed by atoms with Crippen molar-refractivity contribution in [3.8, 4) is 11.3 Å². The van der Waals surface area contributed by atoms with Crippen molar-refractivity contribution in [3.63, 3.8) is 0 Å². The Kier molecular flexibility index (Phi) is 3.41. The van der Waals surface area contributed by atoms with Gasteiger partial charge < -0.3 is 10.3 Å². The molecule has 0 aliphatic rings. The highest BCUT2D eigenvalue weighted by Gasteiger charge is 2.30. The molecule has 0 amide bonds. The lowest BCUT2D eigenvalue weighted by atomic mass is 9.94. The zero-order valence-electron chi connectivity index (χ0n) is 13.4. The number of aromatic nitrogens is 2. The van der Waals surface area contributed by atoms with Gasteiger partial charge in [-0.05, 0) is 20.8 Å². The number of hydrogen-bond acceptors (Lipinski definition) is 2. The average molecular weight is 271 g/mol. The van der Waals surface area contributed by atoms with Gasteiger partial charge in [-0.3, -0.25) is 0 Å². The molecule has 20 heavy (non-hydrogen) atoms. The summed E-state index contributed by atoms with van der Waals surface area (Å²) in [5.41, 5.74) is 8.23. The van der Waals surface area contributed by atoms with Crippen molar-refractivity contribution in [2.45, 2.75) is 52.5 Å². The fraction of sp³-hybridized carbons (Fsp3) is 0.471. The molecule has 0 aliphatic heterocycles. The monoisotopic (exact) mass is 271 g/mol. The van der Waals surface area contributed by atoms with Gasteiger partial charge in [-0.2, -0.15) is 0 Å². The normalized spacial score (nSPS) is 12.7. The largest absolute Gasteiger partial charge is 0.383 e. The van der Waals surface area contributed by atoms with Crippen LogP contribution in [-0.2, 0) is 11.0 Å². The van der Waals surface area contributed by atoms with Gasteiger partial charge in [0.25, 0.3) is 0 Å². The molecule has 108 valence electrons. The van der Waals surface area contributed by atoms with Gasteiger partial charge in [-0.25, -0.2) is 4.98 Å². The fourth-order valence-corrected chi connectivity index (χ4v) is 2.42. The average Bonchev–Trinajstić information content (AvgIpc) is 2.67. The summed E-state index contributed by atoms with van der Waals surface area (Å²) in [6.07, 6.45) is 0. The van der Waals surface area contributed by atoms with Crippen molar-refractivity contribution in [2.24, 2.45) is 0 Å². The van der Waals surface area contributed by atoms with Crippen molar-refractivity contribution in [1.29, 1.82) is 0 Å². The second-order valence-electron chi connectivity index (χ2n) is 7.29. The molecule has 2 N–H and O–H groups in total. The zero-order valence-corrected chi connectivity index (χ0v) is 13.4. The van der Waals surface area contributed by atoms with Crippen LogP contribution in [0.4, 0.5) is 5.82 Å². The van der Waals surface area contributed by atoms with E-state index < -0.39 is 0 Å². The van der Waals surface area contributed by atoms with Crippen LogP contribution in [0, 0.1) is 0 Å². The number of nitrogens with zero attached hydrogens (tertiary/aromatic N) is 2. The van der Waals surface area contributed by atoms with Crippen molar-refractivity contribution in [1.82, 2.24) is 9.55 Å². The number of anilines is 1. The van der Waals surface area contributed by atoms with E-state index in [4.69, 9.17) is 10.7 Å². The zero-order chi connectivity index (χ0) is 15.1. The molecule has 2 aromatic rings. The summed E-state index contributed by atoms with van der Waals surface area (Å²) in [5, 5.41) is 0. The first-order chi connectivity index (χ1) is 9.12. The molecule has 0 atom stereocenters. The van der Waals surface area contributed by atoms with E-state index in [2.05, 4.69) is 58.2 Å². The maximum Gasteiger partial charge on any atom is 0.132 e. The predicted octanol–water partition coefficient (Wildman–Crippen LogP) is 4.18. The van der Waals surface area contributed by atoms with Crippen molar-refractivity contribution < 1.29 is 0 Å². The minimum Gasteiger partial charge on any atom is -0.383 e. The highest BCUT2D eigenvalue weighted by Crippen LogP contribution is 2.35. The molecule has 0 bridgehead atoms. The molecule has 2 rings (SSSR count). The molecule has 0 unspecified atom stereocenters. The summed E-state index contributed by atoms with van der Waals surface area (Å²) in [6, 6.07) is 10.1. The second-order valence-corrected chi connectivity index (χ2v) is 7.29. The third kappa shape index (κ3) is 2.58. The van der Waals surface area contributed by atoms with E-state index in [0.717, 1.165) is 22.9 Å². The second kappa shape index (κ2) is 4.65. The van der Waals surface area contributed by atoms with Crippen LogP contribution in [0.25, 0.3) is 11.3 Å². The lowest BCUT2D eigenvalue weighted by Crippen LogP contribution is -2.30. The smallest absolute Gasteiger partial charge is 0.132 e. The highest BCUT2D eigenvalue weighted by atomic mass is 15.2. The number of benzene rings is 1. The Labute approximate surface area is 121 Å². The Balaban J connectivity index is 2.72. The number of imidazole rings is 1. The van der Waals surface area contributed by atoms with Crippen molar-refractivity contribution in [2.75, 3.05) is 5.73 Å². The first-order valence-corrected chi connectivity index (χ1v) is 7.07. The van der Waals surface area contributed by atoms with Gasteiger partial charge in [0.05, 0.1) is 0 Å². The Morgan fingerprint density at radius 3 is 1.90 bits per heavy atom. The van der Waals surface area contributed by atoms with Crippen LogP contribution in [0.1, 0.15) is 47.4 Å². The number of nitrogen functional groups attached to an aromatic ring is 1. The van der Waals surface area contributed by atoms with Crippen LogP contribution in [0.2, 0.25) is 0 Å². The Morgan fingerprint density at radius 1 is 0.950 bits per heavy atom. The third-order valence-corrected chi connectivity index (χ3v) is 3.30. The molecular formula is C17H25N3. The molecule has 0 radical (unpaired) electrons. The van der Waals surface area contributed by atoms with E-state index in [1.807, 2.05) is 18.2 Å². The molecule has 1 aromatic carbocycles. The van der Waals surface area contributed by atoms with Gasteiger partial charge in [0.2, 0.25) is 0 Å². The molecule has 3 heteroatoms. The van der Waals surface area contributed by atoms with Gasteiger partial charge in [0.15, 0.2) is 0 Å². The summed E-state index contributed by atoms with van der Waals surface area (Å²) in [4.78, 5) is 4.86. The number of rotatable bonds is 1. The Bertz CT molecular complexity index is 596. The van der Waals surface area contributed by atoms with Gasteiger partial charge in [0.1, 0.15) is 17.3 Å². The summed E-state index contributed by atoms with van der Waals surface area (Å²) in [6.45, 7) is 13.0. The SMILES string of the molecule is CC(C)(C)c1nc(-c2ccccc2)c(N)n1C(C)(C)C. The molecule has 0 fully saturated rings. The van der Waals surface area contributed by atoms with E-state index in [1.165, 1.54) is 0 Å². The topological polar surface area (TPSA) is 43.8 Å². The van der Waals surface area contributed by atoms with Crippen LogP contribution in [0.15, 0.2) is 30.3 Å². The summed E-state index contributed by atoms with van der Waals surface area (Å²) in [7, 11) is 0. The minimum atomic E-state index is -0.0905. The summed E-state index contributed by atoms with van der Waals surface area (Å²) < 4.78 is 2.16. The van der Waals surface area contributed by atoms with Crippen LogP contribution < -0.4 is 5.73 Å². The van der Waals surface area contributed by atoms with Crippen LogP contribution in [0.5, 0.6) is 0 Å². The fourth-order valence-electron chi connectivity index (χ4n) is 2.42. The van der Waals surface area contributed by atoms with Gasteiger partial charge >= 0.3 is 0 Å². The van der Waals surface area contributed by atoms with E-state index in [-0.39, 0.29) is 11.0 Å². The van der Waals surface area contributed by atoms with E-state index >= 15 is 0 Å². The first kappa shape index (κ1) is 14.6. The quantitative estimate of drug-likeness (QED) is 0.845. The minimum absolute atomic E-state index is 0.0472. The molecule has 0 saturated heterocycles. The van der Waals surface area contributed by atoms with Gasteiger partial charge in [-0.1, -0.05) is 51.1 Å². The number of hydrogen-bond donors (Lipinski definition) is 1. The maximum atomic E-state index is 6.42. The van der Waals surface area contributed by atoms with E-state index in [0.29, 0.717) is 0 Å². The van der Waals surface area contributed by atoms with Gasteiger partial charge in [-0.15, -0.1) is 0 Å². The standard InChI is InChI=1S/C17H25N3/c1-16(2,3)15-19-13(12-10-8-7-9-11-12)14(18)20(15)17(4,5)6/h7-11H,18H2,1-6H3. The Hall–Kier alpha value is -1.77. The summed E-state index contributed by atoms with van der Waals surface area (Å²) in [5.74, 6) is 1.77. The lowest BCUT2D eigenvalue weighted by Gasteiger charge is -2.29. The lowest BCUT2D eigenvalue weighted by molar-refractivity contribution is 0.359. The molecule has 1 aromatic heterocycles. The predicted molar refractivity (Wildman–Crippen MR) is 85.8 cm³/mol. The molecule has 0 spiro atoms. The van der Waals surface area contributed by atoms with E-state index in [1.54, 1.807) is 0 Å².